The van der Waals surface area contributed by atoms with Crippen LogP contribution in [-0.4, -0.2) is 23.0 Å². The third kappa shape index (κ3) is 4.16. The maximum Gasteiger partial charge on any atom is 0.337 e. The Bertz CT molecular complexity index is 1020. The molecule has 0 aliphatic heterocycles. The molecule has 1 aromatic carbocycles. The molecule has 0 radical (unpaired) electrons. The van der Waals surface area contributed by atoms with Gasteiger partial charge in [-0.2, -0.15) is 0 Å². The molecule has 0 fully saturated rings. The molecule has 0 spiro atoms. The first-order valence-corrected chi connectivity index (χ1v) is 10.8. The molecule has 0 saturated carbocycles. The largest absolute Gasteiger partial charge is 0.478 e. The third-order valence-electron chi connectivity index (χ3n) is 5.70. The van der Waals surface area contributed by atoms with Crippen molar-refractivity contribution in [2.24, 2.45) is 5.41 Å². The van der Waals surface area contributed by atoms with E-state index < -0.39 is 5.97 Å². The number of hydrogen-bond donors (Lipinski definition) is 1. The summed E-state index contributed by atoms with van der Waals surface area (Å²) in [4.78, 5) is 16.6. The summed E-state index contributed by atoms with van der Waals surface area (Å²) in [5.74, 6) is 0.110. The zero-order valence-electron chi connectivity index (χ0n) is 17.2. The highest BCUT2D eigenvalue weighted by Crippen LogP contribution is 2.45. The molecule has 4 nitrogen and oxygen atoms in total. The molecule has 2 heterocycles. The molecule has 0 saturated heterocycles. The number of carboxylic acid groups (broad SMARTS) is 1. The Labute approximate surface area is 175 Å². The van der Waals surface area contributed by atoms with Gasteiger partial charge >= 0.3 is 5.97 Å². The average molecular weight is 410 g/mol. The number of carboxylic acids is 1. The zero-order valence-corrected chi connectivity index (χ0v) is 18.0. The van der Waals surface area contributed by atoms with E-state index >= 15 is 0 Å². The van der Waals surface area contributed by atoms with Gasteiger partial charge in [-0.3, -0.25) is 4.90 Å². The second-order valence-electron chi connectivity index (χ2n) is 8.76. The number of nitrogens with zero attached hydrogens (tertiary/aromatic N) is 1. The van der Waals surface area contributed by atoms with E-state index in [-0.39, 0.29) is 5.41 Å². The smallest absolute Gasteiger partial charge is 0.337 e. The summed E-state index contributed by atoms with van der Waals surface area (Å²) >= 11 is 1.67. The van der Waals surface area contributed by atoms with Gasteiger partial charge in [0.2, 0.25) is 0 Å². The van der Waals surface area contributed by atoms with Gasteiger partial charge in [0.15, 0.2) is 0 Å². The molecule has 1 aliphatic rings. The van der Waals surface area contributed by atoms with Gasteiger partial charge in [-0.25, -0.2) is 4.79 Å². The van der Waals surface area contributed by atoms with E-state index in [1.54, 1.807) is 17.6 Å². The number of aromatic carboxylic acids is 1. The fourth-order valence-electron chi connectivity index (χ4n) is 4.23. The van der Waals surface area contributed by atoms with Crippen LogP contribution in [0.4, 0.5) is 0 Å². The van der Waals surface area contributed by atoms with E-state index in [1.165, 1.54) is 4.88 Å². The van der Waals surface area contributed by atoms with Crippen LogP contribution in [0.15, 0.2) is 47.1 Å². The van der Waals surface area contributed by atoms with Crippen LogP contribution in [0.3, 0.4) is 0 Å². The van der Waals surface area contributed by atoms with E-state index in [2.05, 4.69) is 37.9 Å². The Hall–Kier alpha value is -2.37. The molecule has 0 unspecified atom stereocenters. The molecule has 0 atom stereocenters. The first-order chi connectivity index (χ1) is 13.8. The van der Waals surface area contributed by atoms with Gasteiger partial charge in [0.05, 0.1) is 18.4 Å². The lowest BCUT2D eigenvalue weighted by atomic mass is 9.76. The fraction of sp³-hybridized carbons (Fsp3) is 0.375. The van der Waals surface area contributed by atoms with Crippen molar-refractivity contribution in [2.45, 2.75) is 46.2 Å². The SMILES string of the molecule is CN(Cc1ccco1)Cc1ccccc1-c1sc2c(c1C(=O)O)CC(C)(C)CC2. The third-order valence-corrected chi connectivity index (χ3v) is 7.02. The van der Waals surface area contributed by atoms with Crippen molar-refractivity contribution in [1.29, 1.82) is 0 Å². The molecule has 3 aromatic rings. The van der Waals surface area contributed by atoms with Gasteiger partial charge in [-0.05, 0) is 60.5 Å². The summed E-state index contributed by atoms with van der Waals surface area (Å²) < 4.78 is 5.46. The van der Waals surface area contributed by atoms with E-state index in [9.17, 15) is 9.90 Å². The molecule has 5 heteroatoms. The highest BCUT2D eigenvalue weighted by molar-refractivity contribution is 7.16. The lowest BCUT2D eigenvalue weighted by molar-refractivity contribution is 0.0696. The van der Waals surface area contributed by atoms with Gasteiger partial charge in [0.25, 0.3) is 0 Å². The summed E-state index contributed by atoms with van der Waals surface area (Å²) in [7, 11) is 2.05. The highest BCUT2D eigenvalue weighted by atomic mass is 32.1. The fourth-order valence-corrected chi connectivity index (χ4v) is 5.60. The summed E-state index contributed by atoms with van der Waals surface area (Å²) in [6, 6.07) is 12.1. The first kappa shape index (κ1) is 19.9. The van der Waals surface area contributed by atoms with Crippen LogP contribution in [0.1, 0.15) is 52.4 Å². The maximum atomic E-state index is 12.3. The standard InChI is InChI=1S/C24H27NO3S/c1-24(2)11-10-20-19(13-24)21(23(26)27)22(29-20)18-9-5-4-7-16(18)14-25(3)15-17-8-6-12-28-17/h4-9,12H,10-11,13-15H2,1-3H3,(H,26,27). The Balaban J connectivity index is 1.71. The van der Waals surface area contributed by atoms with Crippen molar-refractivity contribution in [3.05, 3.63) is 70.0 Å². The molecule has 2 aromatic heterocycles. The van der Waals surface area contributed by atoms with Crippen LogP contribution in [0.25, 0.3) is 10.4 Å². The predicted molar refractivity (Wildman–Crippen MR) is 116 cm³/mol. The molecule has 152 valence electrons. The van der Waals surface area contributed by atoms with Crippen LogP contribution in [0.5, 0.6) is 0 Å². The summed E-state index contributed by atoms with van der Waals surface area (Å²) in [5.41, 5.74) is 3.89. The number of fused-ring (bicyclic) bond motifs is 1. The molecule has 0 amide bonds. The van der Waals surface area contributed by atoms with E-state index in [4.69, 9.17) is 4.42 Å². The van der Waals surface area contributed by atoms with Crippen LogP contribution >= 0.6 is 11.3 Å². The van der Waals surface area contributed by atoms with Crippen molar-refractivity contribution in [2.75, 3.05) is 7.05 Å². The van der Waals surface area contributed by atoms with Crippen LogP contribution < -0.4 is 0 Å². The molecule has 1 aliphatic carbocycles. The second-order valence-corrected chi connectivity index (χ2v) is 9.87. The van der Waals surface area contributed by atoms with Gasteiger partial charge in [-0.15, -0.1) is 11.3 Å². The van der Waals surface area contributed by atoms with Gasteiger partial charge < -0.3 is 9.52 Å². The van der Waals surface area contributed by atoms with Gasteiger partial charge in [0, 0.05) is 16.3 Å². The van der Waals surface area contributed by atoms with Crippen molar-refractivity contribution in [3.63, 3.8) is 0 Å². The Kier molecular flexibility index (Phi) is 5.36. The quantitative estimate of drug-likeness (QED) is 0.554. The number of aryl methyl sites for hydroxylation is 1. The van der Waals surface area contributed by atoms with E-state index in [0.717, 1.165) is 53.1 Å². The Morgan fingerprint density at radius 2 is 2.00 bits per heavy atom. The normalized spacial score (nSPS) is 15.4. The maximum absolute atomic E-state index is 12.3. The summed E-state index contributed by atoms with van der Waals surface area (Å²) in [6.45, 7) is 5.90. The van der Waals surface area contributed by atoms with Gasteiger partial charge in [-0.1, -0.05) is 38.1 Å². The topological polar surface area (TPSA) is 53.7 Å². The lowest BCUT2D eigenvalue weighted by Crippen LogP contribution is -2.22. The number of furan rings is 1. The zero-order chi connectivity index (χ0) is 20.6. The predicted octanol–water partition coefficient (Wildman–Crippen LogP) is 5.85. The minimum atomic E-state index is -0.811. The van der Waals surface area contributed by atoms with Crippen molar-refractivity contribution in [3.8, 4) is 10.4 Å². The van der Waals surface area contributed by atoms with E-state index in [1.807, 2.05) is 24.3 Å². The molecule has 29 heavy (non-hydrogen) atoms. The van der Waals surface area contributed by atoms with Crippen molar-refractivity contribution < 1.29 is 14.3 Å². The molecule has 0 bridgehead atoms. The van der Waals surface area contributed by atoms with Crippen LogP contribution in [0.2, 0.25) is 0 Å². The second kappa shape index (κ2) is 7.81. The Morgan fingerprint density at radius 3 is 2.72 bits per heavy atom. The molecule has 1 N–H and O–H groups in total. The highest BCUT2D eigenvalue weighted by Gasteiger charge is 2.33. The molecular formula is C24H27NO3S. The number of rotatable bonds is 6. The van der Waals surface area contributed by atoms with E-state index in [0.29, 0.717) is 12.1 Å². The summed E-state index contributed by atoms with van der Waals surface area (Å²) in [6.07, 6.45) is 4.59. The minimum absolute atomic E-state index is 0.151. The number of benzene rings is 1. The monoisotopic (exact) mass is 409 g/mol. The number of hydrogen-bond acceptors (Lipinski definition) is 4. The number of thiophene rings is 1. The Morgan fingerprint density at radius 1 is 1.21 bits per heavy atom. The summed E-state index contributed by atoms with van der Waals surface area (Å²) in [5, 5.41) is 10.1. The number of carbonyl (C=O) groups is 1. The van der Waals surface area contributed by atoms with Crippen molar-refractivity contribution >= 4 is 17.3 Å². The van der Waals surface area contributed by atoms with Crippen molar-refractivity contribution in [1.82, 2.24) is 4.90 Å². The first-order valence-electron chi connectivity index (χ1n) is 10.0. The minimum Gasteiger partial charge on any atom is -0.478 e. The van der Waals surface area contributed by atoms with Crippen LogP contribution in [0, 0.1) is 5.41 Å². The van der Waals surface area contributed by atoms with Crippen LogP contribution in [-0.2, 0) is 25.9 Å². The average Bonchev–Trinajstić information content (AvgIpc) is 3.28. The van der Waals surface area contributed by atoms with Gasteiger partial charge in [0.1, 0.15) is 5.76 Å². The lowest BCUT2D eigenvalue weighted by Gasteiger charge is -2.29. The molecule has 4 rings (SSSR count). The molecular weight excluding hydrogens is 382 g/mol.